The average Bonchev–Trinajstić information content (AvgIpc) is 2.78. The van der Waals surface area contributed by atoms with Gasteiger partial charge in [-0.3, -0.25) is 0 Å². The van der Waals surface area contributed by atoms with E-state index in [1.165, 1.54) is 31.3 Å². The molecule has 0 heterocycles. The Morgan fingerprint density at radius 3 is 2.11 bits per heavy atom. The Hall–Kier alpha value is -3.35. The van der Waals surface area contributed by atoms with Gasteiger partial charge in [0.1, 0.15) is 22.3 Å². The van der Waals surface area contributed by atoms with Crippen molar-refractivity contribution in [3.63, 3.8) is 0 Å². The number of sulfonamides is 1. The number of carboxylic acid groups (broad SMARTS) is 1. The molecule has 12 heteroatoms. The van der Waals surface area contributed by atoms with Gasteiger partial charge in [0, 0.05) is 25.4 Å². The molecule has 0 bridgehead atoms. The van der Waals surface area contributed by atoms with E-state index in [9.17, 15) is 35.5 Å². The highest BCUT2D eigenvalue weighted by Gasteiger charge is 2.26. The lowest BCUT2D eigenvalue weighted by Crippen LogP contribution is -2.26. The minimum Gasteiger partial charge on any atom is -0.478 e. The molecular weight excluding hydrogens is 504 g/mol. The number of rotatable bonds is 9. The van der Waals surface area contributed by atoms with E-state index < -0.39 is 48.5 Å². The van der Waals surface area contributed by atoms with Crippen LogP contribution in [0.15, 0.2) is 76.5 Å². The van der Waals surface area contributed by atoms with Crippen LogP contribution in [-0.2, 0) is 31.2 Å². The van der Waals surface area contributed by atoms with Crippen molar-refractivity contribution in [3.8, 4) is 5.75 Å². The number of carboxylic acids is 1. The van der Waals surface area contributed by atoms with Gasteiger partial charge in [-0.05, 0) is 54.1 Å². The van der Waals surface area contributed by atoms with Gasteiger partial charge in [0.2, 0.25) is 16.1 Å². The van der Waals surface area contributed by atoms with Crippen molar-refractivity contribution in [2.45, 2.75) is 22.4 Å². The maximum Gasteiger partial charge on any atom is 0.349 e. The normalized spacial score (nSPS) is 12.9. The van der Waals surface area contributed by atoms with Crippen LogP contribution in [0.1, 0.15) is 17.2 Å². The van der Waals surface area contributed by atoms with Crippen LogP contribution in [-0.4, -0.2) is 45.5 Å². The number of aliphatic carboxylic acids is 1. The predicted molar refractivity (Wildman–Crippen MR) is 122 cm³/mol. The molecule has 1 N–H and O–H groups in total. The molecule has 8 nitrogen and oxygen atoms in total. The monoisotopic (exact) mass is 525 g/mol. The largest absolute Gasteiger partial charge is 0.478 e. The van der Waals surface area contributed by atoms with Crippen molar-refractivity contribution in [2.24, 2.45) is 0 Å². The maximum atomic E-state index is 13.9. The van der Waals surface area contributed by atoms with Crippen LogP contribution in [0.25, 0.3) is 0 Å². The molecule has 3 aromatic carbocycles. The summed E-state index contributed by atoms with van der Waals surface area (Å²) in [6.07, 6.45) is -0.818. The van der Waals surface area contributed by atoms with Gasteiger partial charge in [0.15, 0.2) is 9.84 Å². The molecule has 0 amide bonds. The molecule has 35 heavy (non-hydrogen) atoms. The fraction of sp³-hybridized carbons (Fsp3) is 0.174. The van der Waals surface area contributed by atoms with Gasteiger partial charge in [0.25, 0.3) is 0 Å². The quantitative estimate of drug-likeness (QED) is 0.455. The van der Waals surface area contributed by atoms with E-state index in [4.69, 9.17) is 4.74 Å². The minimum atomic E-state index is -3.94. The zero-order valence-corrected chi connectivity index (χ0v) is 20.2. The van der Waals surface area contributed by atoms with Gasteiger partial charge in [-0.15, -0.1) is 0 Å². The summed E-state index contributed by atoms with van der Waals surface area (Å²) in [4.78, 5) is 11.0. The lowest BCUT2D eigenvalue weighted by Gasteiger charge is -2.19. The summed E-state index contributed by atoms with van der Waals surface area (Å²) in [5.74, 6) is -2.89. The number of hydrogen-bond donors (Lipinski definition) is 1. The van der Waals surface area contributed by atoms with Gasteiger partial charge in [-0.2, -0.15) is 4.31 Å². The number of carbonyl (C=O) groups is 1. The number of halogens is 2. The number of hydrogen-bond acceptors (Lipinski definition) is 6. The van der Waals surface area contributed by atoms with E-state index in [0.717, 1.165) is 53.0 Å². The first kappa shape index (κ1) is 26.3. The van der Waals surface area contributed by atoms with Crippen molar-refractivity contribution in [1.82, 2.24) is 4.31 Å². The Balaban J connectivity index is 1.78. The third-order valence-corrected chi connectivity index (χ3v) is 7.92. The fourth-order valence-electron chi connectivity index (χ4n) is 3.17. The number of sulfone groups is 1. The van der Waals surface area contributed by atoms with Crippen LogP contribution in [0, 0.1) is 11.6 Å². The predicted octanol–water partition coefficient (Wildman–Crippen LogP) is 3.39. The highest BCUT2D eigenvalue weighted by molar-refractivity contribution is 7.90. The highest BCUT2D eigenvalue weighted by atomic mass is 32.2. The molecule has 0 saturated carbocycles. The molecule has 0 saturated heterocycles. The third-order valence-electron chi connectivity index (χ3n) is 4.99. The van der Waals surface area contributed by atoms with Gasteiger partial charge in [-0.25, -0.2) is 30.4 Å². The summed E-state index contributed by atoms with van der Waals surface area (Å²) in [6.45, 7) is -0.0297. The summed E-state index contributed by atoms with van der Waals surface area (Å²) >= 11 is 0. The first-order valence-corrected chi connectivity index (χ1v) is 13.3. The van der Waals surface area contributed by atoms with Crippen LogP contribution < -0.4 is 4.74 Å². The Kier molecular flexibility index (Phi) is 7.58. The second-order valence-electron chi connectivity index (χ2n) is 7.66. The summed E-state index contributed by atoms with van der Waals surface area (Å²) in [7, 11) is -6.45. The number of nitrogens with zero attached hydrogens (tertiary/aromatic N) is 1. The van der Waals surface area contributed by atoms with Crippen LogP contribution in [0.4, 0.5) is 8.78 Å². The first-order chi connectivity index (χ1) is 16.3. The van der Waals surface area contributed by atoms with Crippen molar-refractivity contribution in [3.05, 3.63) is 89.5 Å². The molecule has 3 aromatic rings. The summed E-state index contributed by atoms with van der Waals surface area (Å²) in [5.41, 5.74) is 0.479. The standard InChI is InChI=1S/C23H21F2NO7S2/c1-26(35(31,32)19-10-6-17(24)7-11-19)14-15-3-8-18(9-4-15)33-22(23(27)28)16-5-12-20(25)21(13-16)34(2,29)30/h3-13,22H,14H2,1-2H3,(H,27,28). The molecule has 0 aromatic heterocycles. The Morgan fingerprint density at radius 1 is 0.971 bits per heavy atom. The van der Waals surface area contributed by atoms with Crippen molar-refractivity contribution in [1.29, 1.82) is 0 Å². The fourth-order valence-corrected chi connectivity index (χ4v) is 5.10. The molecule has 186 valence electrons. The van der Waals surface area contributed by atoms with E-state index in [1.54, 1.807) is 0 Å². The summed E-state index contributed by atoms with van der Waals surface area (Å²) in [6, 6.07) is 13.2. The molecule has 1 atom stereocenters. The number of ether oxygens (including phenoxy) is 1. The van der Waals surface area contributed by atoms with E-state index in [2.05, 4.69) is 0 Å². The molecule has 0 fully saturated rings. The van der Waals surface area contributed by atoms with Crippen LogP contribution in [0.3, 0.4) is 0 Å². The molecular formula is C23H21F2NO7S2. The van der Waals surface area contributed by atoms with E-state index in [0.29, 0.717) is 5.56 Å². The van der Waals surface area contributed by atoms with Gasteiger partial charge < -0.3 is 9.84 Å². The Labute approximate surface area is 201 Å². The highest BCUT2D eigenvalue weighted by Crippen LogP contribution is 2.27. The Bertz CT molecular complexity index is 1440. The van der Waals surface area contributed by atoms with Crippen LogP contribution in [0.2, 0.25) is 0 Å². The first-order valence-electron chi connectivity index (χ1n) is 9.99. The SMILES string of the molecule is CN(Cc1ccc(OC(C(=O)O)c2ccc(F)c(S(C)(=O)=O)c2)cc1)S(=O)(=O)c1ccc(F)cc1. The van der Waals surface area contributed by atoms with Gasteiger partial charge in [0.05, 0.1) is 4.90 Å². The lowest BCUT2D eigenvalue weighted by atomic mass is 10.1. The topological polar surface area (TPSA) is 118 Å². The smallest absolute Gasteiger partial charge is 0.349 e. The van der Waals surface area contributed by atoms with E-state index in [-0.39, 0.29) is 22.8 Å². The third kappa shape index (κ3) is 6.21. The molecule has 0 aliphatic rings. The number of benzene rings is 3. The van der Waals surface area contributed by atoms with Crippen LogP contribution in [0.5, 0.6) is 5.75 Å². The van der Waals surface area contributed by atoms with Crippen molar-refractivity contribution in [2.75, 3.05) is 13.3 Å². The zero-order chi connectivity index (χ0) is 26.0. The summed E-state index contributed by atoms with van der Waals surface area (Å²) < 4.78 is 82.4. The van der Waals surface area contributed by atoms with Gasteiger partial charge in [-0.1, -0.05) is 18.2 Å². The second kappa shape index (κ2) is 10.1. The molecule has 0 spiro atoms. The molecule has 0 aliphatic carbocycles. The molecule has 0 radical (unpaired) electrons. The molecule has 1 unspecified atom stereocenters. The second-order valence-corrected chi connectivity index (χ2v) is 11.7. The minimum absolute atomic E-state index is 0.0297. The van der Waals surface area contributed by atoms with Crippen molar-refractivity contribution < 1.29 is 40.3 Å². The van der Waals surface area contributed by atoms with Crippen molar-refractivity contribution >= 4 is 25.8 Å². The molecule has 0 aliphatic heterocycles. The van der Waals surface area contributed by atoms with E-state index in [1.807, 2.05) is 0 Å². The zero-order valence-electron chi connectivity index (χ0n) is 18.6. The average molecular weight is 526 g/mol. The maximum absolute atomic E-state index is 13.9. The molecule has 3 rings (SSSR count). The summed E-state index contributed by atoms with van der Waals surface area (Å²) in [5, 5.41) is 9.57. The Morgan fingerprint density at radius 2 is 1.57 bits per heavy atom. The van der Waals surface area contributed by atoms with Gasteiger partial charge >= 0.3 is 5.97 Å². The lowest BCUT2D eigenvalue weighted by molar-refractivity contribution is -0.145. The van der Waals surface area contributed by atoms with E-state index >= 15 is 0 Å². The van der Waals surface area contributed by atoms with Crippen LogP contribution >= 0.6 is 0 Å².